The quantitative estimate of drug-likeness (QED) is 0.727. The summed E-state index contributed by atoms with van der Waals surface area (Å²) >= 11 is 1.28. The molecule has 0 atom stereocenters. The third-order valence-corrected chi connectivity index (χ3v) is 2.57. The lowest BCUT2D eigenvalue weighted by atomic mass is 10.1. The zero-order valence-electron chi connectivity index (χ0n) is 8.52. The highest BCUT2D eigenvalue weighted by Gasteiger charge is 2.11. The number of carbonyl (C=O) groups is 1. The average molecular weight is 218 g/mol. The van der Waals surface area contributed by atoms with Crippen LogP contribution in [0, 0.1) is 13.8 Å². The van der Waals surface area contributed by atoms with Crippen molar-refractivity contribution in [2.24, 2.45) is 0 Å². The molecule has 0 amide bonds. The number of nitrogens with zero attached hydrogens (tertiary/aromatic N) is 2. The number of carbonyl (C=O) groups excluding carboxylic acids is 1. The van der Waals surface area contributed by atoms with Crippen molar-refractivity contribution in [2.75, 3.05) is 0 Å². The molecule has 4 heteroatoms. The van der Waals surface area contributed by atoms with Gasteiger partial charge in [0.2, 0.25) is 5.78 Å². The lowest BCUT2D eigenvalue weighted by Crippen LogP contribution is -2.03. The second kappa shape index (κ2) is 3.90. The van der Waals surface area contributed by atoms with E-state index in [1.165, 1.54) is 11.5 Å². The van der Waals surface area contributed by atoms with Gasteiger partial charge in [0.25, 0.3) is 0 Å². The minimum absolute atomic E-state index is 0.0372. The molecule has 15 heavy (non-hydrogen) atoms. The number of rotatable bonds is 2. The number of pyridine rings is 1. The van der Waals surface area contributed by atoms with Crippen LogP contribution >= 0.6 is 11.5 Å². The van der Waals surface area contributed by atoms with Gasteiger partial charge in [0, 0.05) is 22.3 Å². The first-order chi connectivity index (χ1) is 7.16. The molecule has 0 saturated carbocycles. The highest BCUT2D eigenvalue weighted by molar-refractivity contribution is 7.03. The fraction of sp³-hybridized carbons (Fsp3) is 0.182. The van der Waals surface area contributed by atoms with Crippen LogP contribution < -0.4 is 0 Å². The van der Waals surface area contributed by atoms with E-state index < -0.39 is 0 Å². The number of aromatic nitrogens is 2. The second-order valence-corrected chi connectivity index (χ2v) is 4.02. The van der Waals surface area contributed by atoms with Crippen molar-refractivity contribution in [1.82, 2.24) is 9.36 Å². The average Bonchev–Trinajstić information content (AvgIpc) is 2.67. The van der Waals surface area contributed by atoms with Crippen LogP contribution in [0.3, 0.4) is 0 Å². The van der Waals surface area contributed by atoms with Gasteiger partial charge in [-0.3, -0.25) is 9.78 Å². The Balaban J connectivity index is 2.42. The van der Waals surface area contributed by atoms with Crippen molar-refractivity contribution < 1.29 is 4.79 Å². The largest absolute Gasteiger partial charge is 0.287 e. The molecule has 0 aromatic carbocycles. The van der Waals surface area contributed by atoms with Crippen molar-refractivity contribution in [3.8, 4) is 0 Å². The fourth-order valence-corrected chi connectivity index (χ4v) is 1.95. The van der Waals surface area contributed by atoms with Gasteiger partial charge < -0.3 is 0 Å². The summed E-state index contributed by atoms with van der Waals surface area (Å²) in [7, 11) is 0. The van der Waals surface area contributed by atoms with Gasteiger partial charge in [-0.25, -0.2) is 0 Å². The summed E-state index contributed by atoms with van der Waals surface area (Å²) in [5.74, 6) is -0.0372. The molecule has 76 valence electrons. The van der Waals surface area contributed by atoms with Gasteiger partial charge in [0.15, 0.2) is 0 Å². The molecule has 0 spiro atoms. The topological polar surface area (TPSA) is 42.9 Å². The standard InChI is InChI=1S/C11H10N2OS/c1-7-5-9(6-8(2)12-7)11(14)10-3-4-15-13-10/h3-6H,1-2H3. The number of hydrogen-bond donors (Lipinski definition) is 0. The Morgan fingerprint density at radius 3 is 2.47 bits per heavy atom. The molecular formula is C11H10N2OS. The molecule has 0 aliphatic carbocycles. The van der Waals surface area contributed by atoms with E-state index in [1.54, 1.807) is 23.6 Å². The van der Waals surface area contributed by atoms with E-state index in [9.17, 15) is 4.79 Å². The maximum atomic E-state index is 11.9. The summed E-state index contributed by atoms with van der Waals surface area (Å²) in [6.07, 6.45) is 0. The van der Waals surface area contributed by atoms with Gasteiger partial charge in [-0.1, -0.05) is 0 Å². The monoisotopic (exact) mass is 218 g/mol. The molecule has 0 N–H and O–H groups in total. The van der Waals surface area contributed by atoms with Gasteiger partial charge >= 0.3 is 0 Å². The third-order valence-electron chi connectivity index (χ3n) is 2.01. The van der Waals surface area contributed by atoms with Crippen LogP contribution in [0.1, 0.15) is 27.4 Å². The predicted octanol–water partition coefficient (Wildman–Crippen LogP) is 2.39. The van der Waals surface area contributed by atoms with E-state index in [0.717, 1.165) is 11.4 Å². The zero-order chi connectivity index (χ0) is 10.8. The Morgan fingerprint density at radius 2 is 1.93 bits per heavy atom. The van der Waals surface area contributed by atoms with E-state index in [1.807, 2.05) is 13.8 Å². The van der Waals surface area contributed by atoms with Crippen LogP contribution in [0.2, 0.25) is 0 Å². The molecule has 2 heterocycles. The Kier molecular flexibility index (Phi) is 2.60. The first kappa shape index (κ1) is 9.98. The summed E-state index contributed by atoms with van der Waals surface area (Å²) in [6, 6.07) is 5.31. The van der Waals surface area contributed by atoms with E-state index in [4.69, 9.17) is 0 Å². The van der Waals surface area contributed by atoms with Gasteiger partial charge in [-0.15, -0.1) is 0 Å². The Labute approximate surface area is 92.0 Å². The third kappa shape index (κ3) is 2.10. The van der Waals surface area contributed by atoms with Crippen LogP contribution in [0.25, 0.3) is 0 Å². The van der Waals surface area contributed by atoms with Crippen molar-refractivity contribution in [2.45, 2.75) is 13.8 Å². The highest BCUT2D eigenvalue weighted by Crippen LogP contribution is 2.11. The molecule has 2 rings (SSSR count). The second-order valence-electron chi connectivity index (χ2n) is 3.35. The maximum absolute atomic E-state index is 11.9. The fourth-order valence-electron chi connectivity index (χ4n) is 1.44. The van der Waals surface area contributed by atoms with Crippen LogP contribution in [0.15, 0.2) is 23.6 Å². The Morgan fingerprint density at radius 1 is 1.27 bits per heavy atom. The van der Waals surface area contributed by atoms with Gasteiger partial charge in [0.05, 0.1) is 0 Å². The van der Waals surface area contributed by atoms with Crippen molar-refractivity contribution in [1.29, 1.82) is 0 Å². The molecular weight excluding hydrogens is 208 g/mol. The van der Waals surface area contributed by atoms with Gasteiger partial charge in [-0.2, -0.15) is 4.37 Å². The lowest BCUT2D eigenvalue weighted by molar-refractivity contribution is 0.103. The molecule has 0 radical (unpaired) electrons. The minimum atomic E-state index is -0.0372. The normalized spacial score (nSPS) is 10.3. The molecule has 0 fully saturated rings. The summed E-state index contributed by atoms with van der Waals surface area (Å²) < 4.78 is 4.02. The zero-order valence-corrected chi connectivity index (χ0v) is 9.34. The van der Waals surface area contributed by atoms with Crippen LogP contribution in [0.4, 0.5) is 0 Å². The lowest BCUT2D eigenvalue weighted by Gasteiger charge is -2.01. The van der Waals surface area contributed by atoms with Crippen molar-refractivity contribution >= 4 is 17.3 Å². The molecule has 3 nitrogen and oxygen atoms in total. The van der Waals surface area contributed by atoms with Crippen LogP contribution in [0.5, 0.6) is 0 Å². The SMILES string of the molecule is Cc1cc(C(=O)c2ccsn2)cc(C)n1. The first-order valence-corrected chi connectivity index (χ1v) is 5.41. The predicted molar refractivity (Wildman–Crippen MR) is 59.3 cm³/mol. The number of ketones is 1. The van der Waals surface area contributed by atoms with E-state index in [2.05, 4.69) is 9.36 Å². The Hall–Kier alpha value is -1.55. The number of hydrogen-bond acceptors (Lipinski definition) is 4. The Bertz CT molecular complexity index is 471. The van der Waals surface area contributed by atoms with Crippen LogP contribution in [-0.4, -0.2) is 15.1 Å². The van der Waals surface area contributed by atoms with E-state index in [0.29, 0.717) is 11.3 Å². The van der Waals surface area contributed by atoms with E-state index in [-0.39, 0.29) is 5.78 Å². The van der Waals surface area contributed by atoms with Crippen molar-refractivity contribution in [3.63, 3.8) is 0 Å². The molecule has 2 aromatic heterocycles. The van der Waals surface area contributed by atoms with Crippen molar-refractivity contribution in [3.05, 3.63) is 46.2 Å². The van der Waals surface area contributed by atoms with E-state index >= 15 is 0 Å². The molecule has 0 unspecified atom stereocenters. The molecule has 0 saturated heterocycles. The van der Waals surface area contributed by atoms with Gasteiger partial charge in [0.1, 0.15) is 5.69 Å². The van der Waals surface area contributed by atoms with Gasteiger partial charge in [-0.05, 0) is 43.6 Å². The summed E-state index contributed by atoms with van der Waals surface area (Å²) in [4.78, 5) is 16.2. The number of aryl methyl sites for hydroxylation is 2. The molecule has 0 aliphatic heterocycles. The summed E-state index contributed by atoms with van der Waals surface area (Å²) in [5, 5.41) is 1.80. The smallest absolute Gasteiger partial charge is 0.212 e. The summed E-state index contributed by atoms with van der Waals surface area (Å²) in [6.45, 7) is 3.76. The molecule has 0 bridgehead atoms. The molecule has 2 aromatic rings. The molecule has 0 aliphatic rings. The summed E-state index contributed by atoms with van der Waals surface area (Å²) in [5.41, 5.74) is 2.87. The highest BCUT2D eigenvalue weighted by atomic mass is 32.1. The van der Waals surface area contributed by atoms with Crippen LogP contribution in [-0.2, 0) is 0 Å². The first-order valence-electron chi connectivity index (χ1n) is 4.57. The minimum Gasteiger partial charge on any atom is -0.287 e. The maximum Gasteiger partial charge on any atom is 0.212 e.